The van der Waals surface area contributed by atoms with Crippen molar-refractivity contribution >= 4 is 5.97 Å². The molecule has 0 saturated carbocycles. The number of aliphatic carboxylic acids is 1. The molecule has 3 nitrogen and oxygen atoms in total. The number of carbonyl (C=O) groups is 1. The average molecular weight is 283 g/mol. The lowest BCUT2D eigenvalue weighted by Gasteiger charge is -2.14. The van der Waals surface area contributed by atoms with Crippen LogP contribution < -0.4 is 5.32 Å². The van der Waals surface area contributed by atoms with Crippen molar-refractivity contribution in [3.05, 3.63) is 0 Å². The Kier molecular flexibility index (Phi) is 10.7. The predicted molar refractivity (Wildman–Crippen MR) is 84.1 cm³/mol. The second-order valence-electron chi connectivity index (χ2n) is 6.23. The molecule has 1 aliphatic heterocycles. The lowest BCUT2D eigenvalue weighted by Crippen LogP contribution is -2.37. The fraction of sp³-hybridized carbons (Fsp3) is 0.941. The molecule has 1 aliphatic rings. The number of rotatable bonds is 1. The van der Waals surface area contributed by atoms with Crippen LogP contribution in [-0.4, -0.2) is 23.7 Å². The van der Waals surface area contributed by atoms with Crippen LogP contribution in [0.5, 0.6) is 0 Å². The van der Waals surface area contributed by atoms with Gasteiger partial charge in [0.25, 0.3) is 0 Å². The van der Waals surface area contributed by atoms with E-state index in [0.29, 0.717) is 0 Å². The Morgan fingerprint density at radius 3 is 1.55 bits per heavy atom. The Morgan fingerprint density at radius 2 is 1.10 bits per heavy atom. The quantitative estimate of drug-likeness (QED) is 0.744. The highest BCUT2D eigenvalue weighted by Crippen LogP contribution is 2.14. The number of hydrogen-bond acceptors (Lipinski definition) is 2. The fourth-order valence-corrected chi connectivity index (χ4v) is 3.01. The molecule has 2 N–H and O–H groups in total. The molecule has 1 saturated heterocycles. The first-order valence-corrected chi connectivity index (χ1v) is 8.77. The number of hydrogen-bond donors (Lipinski definition) is 2. The van der Waals surface area contributed by atoms with Crippen LogP contribution in [0.15, 0.2) is 0 Å². The third kappa shape index (κ3) is 9.35. The minimum Gasteiger partial charge on any atom is -0.480 e. The zero-order valence-electron chi connectivity index (χ0n) is 13.0. The largest absolute Gasteiger partial charge is 0.480 e. The van der Waals surface area contributed by atoms with Crippen LogP contribution in [-0.2, 0) is 4.79 Å². The van der Waals surface area contributed by atoms with Crippen LogP contribution in [0.2, 0.25) is 0 Å². The minimum atomic E-state index is -0.678. The Labute approximate surface area is 124 Å². The Hall–Kier alpha value is -0.570. The SMILES string of the molecule is O=C(O)C1CCCCCCCCCCCCCCCN1. The molecule has 1 fully saturated rings. The second kappa shape index (κ2) is 12.2. The molecule has 1 rings (SSSR count). The molecule has 0 aromatic rings. The van der Waals surface area contributed by atoms with Gasteiger partial charge in [-0.05, 0) is 19.4 Å². The fourth-order valence-electron chi connectivity index (χ4n) is 3.01. The van der Waals surface area contributed by atoms with Gasteiger partial charge in [-0.1, -0.05) is 77.0 Å². The van der Waals surface area contributed by atoms with Crippen molar-refractivity contribution in [2.75, 3.05) is 6.54 Å². The molecular formula is C17H33NO2. The first-order valence-electron chi connectivity index (χ1n) is 8.77. The molecule has 1 heterocycles. The highest BCUT2D eigenvalue weighted by Gasteiger charge is 2.15. The van der Waals surface area contributed by atoms with Crippen molar-refractivity contribution < 1.29 is 9.90 Å². The van der Waals surface area contributed by atoms with Crippen LogP contribution in [0.1, 0.15) is 89.9 Å². The van der Waals surface area contributed by atoms with Crippen LogP contribution in [0.4, 0.5) is 0 Å². The third-order valence-electron chi connectivity index (χ3n) is 4.36. The minimum absolute atomic E-state index is 0.328. The summed E-state index contributed by atoms with van der Waals surface area (Å²) in [6, 6.07) is -0.328. The van der Waals surface area contributed by atoms with Crippen molar-refractivity contribution in [1.29, 1.82) is 0 Å². The van der Waals surface area contributed by atoms with Crippen LogP contribution in [0.3, 0.4) is 0 Å². The standard InChI is InChI=1S/C17H33NO2/c19-17(20)16-14-12-10-8-6-4-2-1-3-5-7-9-11-13-15-18-16/h16,18H,1-15H2,(H,19,20). The lowest BCUT2D eigenvalue weighted by atomic mass is 10.0. The summed E-state index contributed by atoms with van der Waals surface area (Å²) in [5, 5.41) is 12.4. The maximum atomic E-state index is 11.2. The zero-order valence-corrected chi connectivity index (χ0v) is 13.0. The molecule has 1 atom stereocenters. The normalized spacial score (nSPS) is 25.7. The summed E-state index contributed by atoms with van der Waals surface area (Å²) in [5.41, 5.74) is 0. The monoisotopic (exact) mass is 283 g/mol. The molecule has 0 aliphatic carbocycles. The summed E-state index contributed by atoms with van der Waals surface area (Å²) in [4.78, 5) is 11.2. The maximum Gasteiger partial charge on any atom is 0.320 e. The van der Waals surface area contributed by atoms with Crippen LogP contribution in [0, 0.1) is 0 Å². The van der Waals surface area contributed by atoms with E-state index in [0.717, 1.165) is 25.8 Å². The smallest absolute Gasteiger partial charge is 0.320 e. The van der Waals surface area contributed by atoms with Gasteiger partial charge in [-0.25, -0.2) is 0 Å². The van der Waals surface area contributed by atoms with Gasteiger partial charge >= 0.3 is 5.97 Å². The summed E-state index contributed by atoms with van der Waals surface area (Å²) in [5.74, 6) is -0.678. The summed E-state index contributed by atoms with van der Waals surface area (Å²) in [6.45, 7) is 0.858. The molecule has 0 amide bonds. The topological polar surface area (TPSA) is 49.3 Å². The first kappa shape index (κ1) is 17.5. The van der Waals surface area contributed by atoms with Crippen molar-refractivity contribution in [3.8, 4) is 0 Å². The van der Waals surface area contributed by atoms with E-state index in [1.807, 2.05) is 0 Å². The average Bonchev–Trinajstić information content (AvgIpc) is 2.43. The van der Waals surface area contributed by atoms with Crippen molar-refractivity contribution in [3.63, 3.8) is 0 Å². The summed E-state index contributed by atoms with van der Waals surface area (Å²) in [7, 11) is 0. The first-order chi connectivity index (χ1) is 9.80. The van der Waals surface area contributed by atoms with E-state index in [1.54, 1.807) is 0 Å². The molecule has 3 heteroatoms. The van der Waals surface area contributed by atoms with Crippen molar-refractivity contribution in [2.24, 2.45) is 0 Å². The van der Waals surface area contributed by atoms with E-state index in [-0.39, 0.29) is 6.04 Å². The van der Waals surface area contributed by atoms with E-state index >= 15 is 0 Å². The molecule has 1 unspecified atom stereocenters. The second-order valence-corrected chi connectivity index (χ2v) is 6.23. The van der Waals surface area contributed by atoms with E-state index < -0.39 is 5.97 Å². The molecule has 0 aromatic carbocycles. The molecule has 118 valence electrons. The van der Waals surface area contributed by atoms with Gasteiger partial charge in [-0.3, -0.25) is 4.79 Å². The maximum absolute atomic E-state index is 11.2. The summed E-state index contributed by atoms with van der Waals surface area (Å²) < 4.78 is 0. The number of carboxylic acid groups (broad SMARTS) is 1. The Bertz CT molecular complexity index is 225. The summed E-state index contributed by atoms with van der Waals surface area (Å²) in [6.07, 6.45) is 17.6. The van der Waals surface area contributed by atoms with E-state index in [4.69, 9.17) is 0 Å². The third-order valence-corrected chi connectivity index (χ3v) is 4.36. The molecule has 0 aromatic heterocycles. The van der Waals surface area contributed by atoms with Gasteiger partial charge in [-0.15, -0.1) is 0 Å². The summed E-state index contributed by atoms with van der Waals surface area (Å²) >= 11 is 0. The highest BCUT2D eigenvalue weighted by atomic mass is 16.4. The van der Waals surface area contributed by atoms with E-state index in [2.05, 4.69) is 5.32 Å². The van der Waals surface area contributed by atoms with Gasteiger partial charge in [0.2, 0.25) is 0 Å². The number of nitrogens with one attached hydrogen (secondary N) is 1. The zero-order chi connectivity index (χ0) is 14.5. The van der Waals surface area contributed by atoms with Crippen molar-refractivity contribution in [2.45, 2.75) is 95.9 Å². The lowest BCUT2D eigenvalue weighted by molar-refractivity contribution is -0.139. The van der Waals surface area contributed by atoms with Crippen molar-refractivity contribution in [1.82, 2.24) is 5.32 Å². The van der Waals surface area contributed by atoms with Gasteiger partial charge in [0.1, 0.15) is 6.04 Å². The van der Waals surface area contributed by atoms with E-state index in [9.17, 15) is 9.90 Å². The van der Waals surface area contributed by atoms with Gasteiger partial charge in [0.15, 0.2) is 0 Å². The van der Waals surface area contributed by atoms with Crippen LogP contribution in [0.25, 0.3) is 0 Å². The molecule has 0 spiro atoms. The molecular weight excluding hydrogens is 250 g/mol. The van der Waals surface area contributed by atoms with Crippen LogP contribution >= 0.6 is 0 Å². The van der Waals surface area contributed by atoms with Gasteiger partial charge in [0, 0.05) is 0 Å². The van der Waals surface area contributed by atoms with Gasteiger partial charge in [-0.2, -0.15) is 0 Å². The Balaban J connectivity index is 2.25. The predicted octanol–water partition coefficient (Wildman–Crippen LogP) is 4.50. The highest BCUT2D eigenvalue weighted by molar-refractivity contribution is 5.73. The number of carboxylic acids is 1. The Morgan fingerprint density at radius 1 is 0.700 bits per heavy atom. The van der Waals surface area contributed by atoms with E-state index in [1.165, 1.54) is 70.6 Å². The van der Waals surface area contributed by atoms with Gasteiger partial charge < -0.3 is 10.4 Å². The molecule has 20 heavy (non-hydrogen) atoms. The van der Waals surface area contributed by atoms with Gasteiger partial charge in [0.05, 0.1) is 0 Å². The molecule has 0 radical (unpaired) electrons. The molecule has 0 bridgehead atoms.